The Balaban J connectivity index is 1.42. The molecule has 4 heterocycles. The number of nitrogens with zero attached hydrogens (tertiary/aromatic N) is 4. The van der Waals surface area contributed by atoms with Gasteiger partial charge in [-0.15, -0.1) is 0 Å². The minimum atomic E-state index is -0.913. The second-order valence-electron chi connectivity index (χ2n) is 10.3. The van der Waals surface area contributed by atoms with E-state index >= 15 is 0 Å². The number of likely N-dealkylation sites (N-methyl/N-ethyl adjacent to an activating group) is 1. The second kappa shape index (κ2) is 8.91. The molecule has 2 fully saturated rings. The molecule has 1 aromatic heterocycles. The predicted molar refractivity (Wildman–Crippen MR) is 141 cm³/mol. The van der Waals surface area contributed by atoms with Crippen LogP contribution in [-0.2, 0) is 11.2 Å². The topological polar surface area (TPSA) is 62.9 Å². The van der Waals surface area contributed by atoms with Crippen molar-refractivity contribution in [2.24, 2.45) is 0 Å². The highest BCUT2D eigenvalue weighted by atomic mass is 35.5. The third-order valence-electron chi connectivity index (χ3n) is 8.38. The van der Waals surface area contributed by atoms with Crippen LogP contribution in [0, 0.1) is 0 Å². The summed E-state index contributed by atoms with van der Waals surface area (Å²) in [5.74, 6) is -0.0768. The van der Waals surface area contributed by atoms with Crippen LogP contribution in [-0.4, -0.2) is 88.4 Å². The number of hydrogen-bond acceptors (Lipinski definition) is 4. The summed E-state index contributed by atoms with van der Waals surface area (Å²) < 4.78 is 0. The molecule has 2 atom stereocenters. The van der Waals surface area contributed by atoms with Gasteiger partial charge in [-0.3, -0.25) is 19.5 Å². The Hall–Kier alpha value is -2.87. The Morgan fingerprint density at radius 2 is 1.78 bits per heavy atom. The molecule has 2 unspecified atom stereocenters. The number of aromatic nitrogens is 1. The molecule has 36 heavy (non-hydrogen) atoms. The zero-order valence-electron chi connectivity index (χ0n) is 20.8. The largest absolute Gasteiger partial charge is 0.356 e. The molecule has 0 saturated carbocycles. The maximum absolute atomic E-state index is 14.1. The molecule has 3 aromatic rings. The number of halogens is 1. The highest BCUT2D eigenvalue weighted by molar-refractivity contribution is 6.31. The number of imide groups is 1. The Kier molecular flexibility index (Phi) is 5.82. The third kappa shape index (κ3) is 3.56. The number of rotatable bonds is 5. The van der Waals surface area contributed by atoms with E-state index in [1.54, 1.807) is 0 Å². The fraction of sp³-hybridized carbons (Fsp3) is 0.429. The fourth-order valence-corrected chi connectivity index (χ4v) is 6.44. The van der Waals surface area contributed by atoms with Crippen molar-refractivity contribution in [2.45, 2.75) is 31.3 Å². The lowest BCUT2D eigenvalue weighted by atomic mass is 9.78. The SMILES string of the molecule is CCC12Cc3c([nH]c4ccc(Cl)cc34)C(c3ccccc3)N1C(=O)N(CCN1CCN(C)CC1)C2=O. The lowest BCUT2D eigenvalue weighted by Crippen LogP contribution is -2.55. The van der Waals surface area contributed by atoms with E-state index in [1.165, 1.54) is 4.90 Å². The maximum atomic E-state index is 14.1. The van der Waals surface area contributed by atoms with Crippen molar-refractivity contribution in [3.8, 4) is 0 Å². The molecule has 0 bridgehead atoms. The van der Waals surface area contributed by atoms with Gasteiger partial charge in [0.25, 0.3) is 5.91 Å². The third-order valence-corrected chi connectivity index (χ3v) is 8.61. The number of aromatic amines is 1. The lowest BCUT2D eigenvalue weighted by molar-refractivity contribution is -0.134. The van der Waals surface area contributed by atoms with Gasteiger partial charge in [-0.25, -0.2) is 4.79 Å². The quantitative estimate of drug-likeness (QED) is 0.530. The Bertz CT molecular complexity index is 1320. The number of H-pyrrole nitrogens is 1. The van der Waals surface area contributed by atoms with E-state index in [9.17, 15) is 9.59 Å². The van der Waals surface area contributed by atoms with Crippen molar-refractivity contribution >= 4 is 34.4 Å². The number of carbonyl (C=O) groups is 2. The first-order valence-electron chi connectivity index (χ1n) is 12.8. The van der Waals surface area contributed by atoms with Crippen molar-refractivity contribution in [1.29, 1.82) is 0 Å². The molecule has 6 rings (SSSR count). The molecule has 188 valence electrons. The van der Waals surface area contributed by atoms with Gasteiger partial charge in [0, 0.05) is 67.3 Å². The molecular weight excluding hydrogens is 474 g/mol. The van der Waals surface area contributed by atoms with Crippen molar-refractivity contribution in [2.75, 3.05) is 46.3 Å². The highest BCUT2D eigenvalue weighted by Gasteiger charge is 2.61. The van der Waals surface area contributed by atoms with Gasteiger partial charge in [0.2, 0.25) is 0 Å². The number of amides is 3. The Morgan fingerprint density at radius 3 is 2.50 bits per heavy atom. The van der Waals surface area contributed by atoms with Crippen LogP contribution in [0.1, 0.15) is 36.2 Å². The molecule has 1 N–H and O–H groups in total. The summed E-state index contributed by atoms with van der Waals surface area (Å²) in [5, 5.41) is 1.69. The average molecular weight is 506 g/mol. The van der Waals surface area contributed by atoms with Crippen LogP contribution in [0.15, 0.2) is 48.5 Å². The highest BCUT2D eigenvalue weighted by Crippen LogP contribution is 2.50. The number of benzene rings is 2. The van der Waals surface area contributed by atoms with Crippen molar-refractivity contribution < 1.29 is 9.59 Å². The van der Waals surface area contributed by atoms with E-state index in [2.05, 4.69) is 21.8 Å². The predicted octanol–water partition coefficient (Wildman–Crippen LogP) is 4.13. The van der Waals surface area contributed by atoms with Gasteiger partial charge < -0.3 is 9.88 Å². The maximum Gasteiger partial charge on any atom is 0.328 e. The smallest absolute Gasteiger partial charge is 0.328 e. The van der Waals surface area contributed by atoms with Gasteiger partial charge in [-0.05, 0) is 42.8 Å². The first kappa shape index (κ1) is 23.5. The van der Waals surface area contributed by atoms with Crippen LogP contribution in [0.25, 0.3) is 10.9 Å². The Labute approximate surface area is 216 Å². The standard InChI is InChI=1S/C28H32ClN5O2/c1-3-28-18-22-21-17-20(29)9-10-23(21)30-24(22)25(19-7-5-4-6-8-19)34(28)27(36)33(26(28)35)16-15-32-13-11-31(2)12-14-32/h4-10,17,25,30H,3,11-16,18H2,1-2H3. The number of piperazine rings is 1. The molecule has 0 spiro atoms. The number of hydrogen-bond donors (Lipinski definition) is 1. The van der Waals surface area contributed by atoms with Crippen LogP contribution in [0.5, 0.6) is 0 Å². The van der Waals surface area contributed by atoms with E-state index in [1.807, 2.05) is 60.4 Å². The molecular formula is C28H32ClN5O2. The molecule has 2 aromatic carbocycles. The minimum Gasteiger partial charge on any atom is -0.356 e. The van der Waals surface area contributed by atoms with E-state index < -0.39 is 5.54 Å². The summed E-state index contributed by atoms with van der Waals surface area (Å²) in [4.78, 5) is 39.8. The van der Waals surface area contributed by atoms with Crippen LogP contribution >= 0.6 is 11.6 Å². The van der Waals surface area contributed by atoms with Crippen LogP contribution in [0.4, 0.5) is 4.79 Å². The van der Waals surface area contributed by atoms with E-state index in [0.717, 1.165) is 53.9 Å². The van der Waals surface area contributed by atoms with Gasteiger partial charge in [-0.2, -0.15) is 0 Å². The zero-order chi connectivity index (χ0) is 25.0. The monoisotopic (exact) mass is 505 g/mol. The first-order chi connectivity index (χ1) is 17.4. The minimum absolute atomic E-state index is 0.0768. The fourth-order valence-electron chi connectivity index (χ4n) is 6.27. The summed E-state index contributed by atoms with van der Waals surface area (Å²) in [7, 11) is 2.13. The zero-order valence-corrected chi connectivity index (χ0v) is 21.6. The summed E-state index contributed by atoms with van der Waals surface area (Å²) in [6.45, 7) is 7.08. The normalized spacial score (nSPS) is 25.0. The van der Waals surface area contributed by atoms with Crippen molar-refractivity contribution in [3.63, 3.8) is 0 Å². The van der Waals surface area contributed by atoms with Crippen LogP contribution in [0.3, 0.4) is 0 Å². The van der Waals surface area contributed by atoms with Crippen LogP contribution < -0.4 is 0 Å². The molecule has 3 aliphatic heterocycles. The van der Waals surface area contributed by atoms with Gasteiger partial charge in [0.05, 0.1) is 0 Å². The summed E-state index contributed by atoms with van der Waals surface area (Å²) in [6.07, 6.45) is 1.04. The molecule has 2 saturated heterocycles. The molecule has 0 aliphatic carbocycles. The number of fused-ring (bicyclic) bond motifs is 4. The van der Waals surface area contributed by atoms with Gasteiger partial charge in [0.15, 0.2) is 0 Å². The van der Waals surface area contributed by atoms with E-state index in [-0.39, 0.29) is 18.0 Å². The summed E-state index contributed by atoms with van der Waals surface area (Å²) in [5.41, 5.74) is 3.12. The molecule has 3 amide bonds. The number of carbonyl (C=O) groups excluding carboxylic acids is 2. The molecule has 7 nitrogen and oxygen atoms in total. The summed E-state index contributed by atoms with van der Waals surface area (Å²) >= 11 is 6.39. The van der Waals surface area contributed by atoms with Crippen molar-refractivity contribution in [1.82, 2.24) is 24.6 Å². The first-order valence-corrected chi connectivity index (χ1v) is 13.2. The van der Waals surface area contributed by atoms with Gasteiger partial charge in [-0.1, -0.05) is 48.9 Å². The van der Waals surface area contributed by atoms with E-state index in [0.29, 0.717) is 31.0 Å². The average Bonchev–Trinajstić information content (AvgIpc) is 3.35. The molecule has 8 heteroatoms. The van der Waals surface area contributed by atoms with Crippen LogP contribution in [0.2, 0.25) is 5.02 Å². The number of nitrogens with one attached hydrogen (secondary N) is 1. The molecule has 0 radical (unpaired) electrons. The van der Waals surface area contributed by atoms with Gasteiger partial charge >= 0.3 is 6.03 Å². The second-order valence-corrected chi connectivity index (χ2v) is 10.8. The molecule has 3 aliphatic rings. The van der Waals surface area contributed by atoms with Crippen molar-refractivity contribution in [3.05, 3.63) is 70.4 Å². The summed E-state index contributed by atoms with van der Waals surface area (Å²) in [6, 6.07) is 15.3. The van der Waals surface area contributed by atoms with Gasteiger partial charge in [0.1, 0.15) is 11.6 Å². The lowest BCUT2D eigenvalue weighted by Gasteiger charge is -2.44. The van der Waals surface area contributed by atoms with E-state index in [4.69, 9.17) is 11.6 Å². The number of urea groups is 1. The Morgan fingerprint density at radius 1 is 1.03 bits per heavy atom.